The largest absolute Gasteiger partial charge is 0.449 e. The maximum absolute atomic E-state index is 12.9. The zero-order valence-corrected chi connectivity index (χ0v) is 17.3. The zero-order chi connectivity index (χ0) is 22.1. The lowest BCUT2D eigenvalue weighted by atomic mass is 9.98. The molecule has 0 aliphatic heterocycles. The van der Waals surface area contributed by atoms with E-state index in [0.717, 1.165) is 11.1 Å². The summed E-state index contributed by atoms with van der Waals surface area (Å²) in [5.41, 5.74) is 2.71. The van der Waals surface area contributed by atoms with E-state index >= 15 is 0 Å². The van der Waals surface area contributed by atoms with Gasteiger partial charge in [-0.2, -0.15) is 0 Å². The van der Waals surface area contributed by atoms with E-state index in [9.17, 15) is 9.59 Å². The number of nitrogens with one attached hydrogen (secondary N) is 2. The predicted octanol–water partition coefficient (Wildman–Crippen LogP) is 3.54. The second-order valence-electron chi connectivity index (χ2n) is 7.01. The van der Waals surface area contributed by atoms with Gasteiger partial charge in [-0.15, -0.1) is 0 Å². The summed E-state index contributed by atoms with van der Waals surface area (Å²) in [6.07, 6.45) is -0.992. The highest BCUT2D eigenvalue weighted by molar-refractivity contribution is 5.97. The molecule has 3 aromatic carbocycles. The van der Waals surface area contributed by atoms with E-state index in [1.807, 2.05) is 60.7 Å². The number of esters is 1. The van der Waals surface area contributed by atoms with Crippen molar-refractivity contribution in [2.24, 2.45) is 0 Å². The number of aliphatic hydroxyl groups excluding tert-OH is 1. The normalized spacial score (nSPS) is 11.6. The lowest BCUT2D eigenvalue weighted by molar-refractivity contribution is -0.129. The van der Waals surface area contributed by atoms with E-state index in [2.05, 4.69) is 10.6 Å². The van der Waals surface area contributed by atoms with Crippen LogP contribution in [0.5, 0.6) is 0 Å². The monoisotopic (exact) mass is 418 g/mol. The van der Waals surface area contributed by atoms with Gasteiger partial charge >= 0.3 is 5.97 Å². The molecule has 0 saturated carbocycles. The maximum Gasteiger partial charge on any atom is 0.341 e. The maximum atomic E-state index is 12.9. The zero-order valence-electron chi connectivity index (χ0n) is 17.3. The third kappa shape index (κ3) is 5.93. The van der Waals surface area contributed by atoms with Crippen LogP contribution >= 0.6 is 0 Å². The Balaban J connectivity index is 1.72. The highest BCUT2D eigenvalue weighted by atomic mass is 16.5. The Morgan fingerprint density at radius 1 is 0.871 bits per heavy atom. The van der Waals surface area contributed by atoms with Gasteiger partial charge in [0, 0.05) is 12.2 Å². The van der Waals surface area contributed by atoms with Crippen LogP contribution in [0.3, 0.4) is 0 Å². The number of rotatable bonds is 9. The van der Waals surface area contributed by atoms with E-state index in [1.165, 1.54) is 0 Å². The van der Waals surface area contributed by atoms with Crippen LogP contribution in [0.2, 0.25) is 0 Å². The standard InChI is InChI=1S/C25H26N2O4/c1-18(31-25(30)21-14-8-9-15-22(21)26-16-17-28)24(29)27-23(19-10-4-2-5-11-19)20-12-6-3-7-13-20/h2-15,18,23,26,28H,16-17H2,1H3,(H,27,29). The molecular weight excluding hydrogens is 392 g/mol. The number of benzene rings is 3. The number of ether oxygens (including phenoxy) is 1. The summed E-state index contributed by atoms with van der Waals surface area (Å²) in [5.74, 6) is -1.01. The minimum atomic E-state index is -0.992. The van der Waals surface area contributed by atoms with Crippen molar-refractivity contribution in [3.63, 3.8) is 0 Å². The molecule has 1 amide bonds. The van der Waals surface area contributed by atoms with Crippen LogP contribution in [-0.4, -0.2) is 36.2 Å². The number of hydrogen-bond donors (Lipinski definition) is 3. The summed E-state index contributed by atoms with van der Waals surface area (Å²) < 4.78 is 5.44. The fourth-order valence-corrected chi connectivity index (χ4v) is 3.19. The van der Waals surface area contributed by atoms with Gasteiger partial charge in [-0.25, -0.2) is 4.79 Å². The van der Waals surface area contributed by atoms with Crippen LogP contribution < -0.4 is 10.6 Å². The molecule has 6 heteroatoms. The first kappa shape index (κ1) is 22.1. The van der Waals surface area contributed by atoms with Crippen LogP contribution in [-0.2, 0) is 9.53 Å². The van der Waals surface area contributed by atoms with Crippen molar-refractivity contribution in [1.82, 2.24) is 5.32 Å². The quantitative estimate of drug-likeness (QED) is 0.463. The van der Waals surface area contributed by atoms with Crippen LogP contribution in [0.15, 0.2) is 84.9 Å². The summed E-state index contributed by atoms with van der Waals surface area (Å²) in [5, 5.41) is 15.0. The second-order valence-corrected chi connectivity index (χ2v) is 7.01. The molecule has 3 aromatic rings. The van der Waals surface area contributed by atoms with Crippen molar-refractivity contribution in [3.05, 3.63) is 102 Å². The first-order valence-corrected chi connectivity index (χ1v) is 10.1. The van der Waals surface area contributed by atoms with Gasteiger partial charge in [-0.3, -0.25) is 4.79 Å². The highest BCUT2D eigenvalue weighted by Crippen LogP contribution is 2.22. The third-order valence-corrected chi connectivity index (χ3v) is 4.78. The highest BCUT2D eigenvalue weighted by Gasteiger charge is 2.24. The molecule has 1 unspecified atom stereocenters. The number of amides is 1. The second kappa shape index (κ2) is 10.9. The first-order valence-electron chi connectivity index (χ1n) is 10.1. The Kier molecular flexibility index (Phi) is 7.79. The Bertz CT molecular complexity index is 953. The smallest absolute Gasteiger partial charge is 0.341 e. The molecule has 0 radical (unpaired) electrons. The van der Waals surface area contributed by atoms with Gasteiger partial charge in [0.2, 0.25) is 0 Å². The molecule has 6 nitrogen and oxygen atoms in total. The van der Waals surface area contributed by atoms with Crippen molar-refractivity contribution < 1.29 is 19.4 Å². The van der Waals surface area contributed by atoms with Gasteiger partial charge < -0.3 is 20.5 Å². The third-order valence-electron chi connectivity index (χ3n) is 4.78. The Hall–Kier alpha value is -3.64. The molecule has 1 atom stereocenters. The van der Waals surface area contributed by atoms with Gasteiger partial charge in [0.05, 0.1) is 18.2 Å². The molecule has 0 spiro atoms. The Morgan fingerprint density at radius 2 is 1.42 bits per heavy atom. The van der Waals surface area contributed by atoms with Crippen molar-refractivity contribution >= 4 is 17.6 Å². The summed E-state index contributed by atoms with van der Waals surface area (Å²) in [6, 6.07) is 25.7. The number of carbonyl (C=O) groups is 2. The summed E-state index contributed by atoms with van der Waals surface area (Å²) in [4.78, 5) is 25.6. The van der Waals surface area contributed by atoms with Crippen LogP contribution in [0.1, 0.15) is 34.5 Å². The number of aliphatic hydroxyl groups is 1. The summed E-state index contributed by atoms with van der Waals surface area (Å²) in [6.45, 7) is 1.78. The molecule has 0 fully saturated rings. The predicted molar refractivity (Wildman–Crippen MR) is 120 cm³/mol. The lowest BCUT2D eigenvalue weighted by Gasteiger charge is -2.22. The molecule has 160 valence electrons. The number of carbonyl (C=O) groups excluding carboxylic acids is 2. The van der Waals surface area contributed by atoms with Gasteiger partial charge in [-0.05, 0) is 30.2 Å². The van der Waals surface area contributed by atoms with Crippen molar-refractivity contribution in [3.8, 4) is 0 Å². The van der Waals surface area contributed by atoms with E-state index < -0.39 is 18.0 Å². The van der Waals surface area contributed by atoms with E-state index in [1.54, 1.807) is 31.2 Å². The minimum absolute atomic E-state index is 0.0669. The molecule has 3 rings (SSSR count). The van der Waals surface area contributed by atoms with Crippen LogP contribution in [0.25, 0.3) is 0 Å². The fourth-order valence-electron chi connectivity index (χ4n) is 3.19. The summed E-state index contributed by atoms with van der Waals surface area (Å²) >= 11 is 0. The molecule has 3 N–H and O–H groups in total. The van der Waals surface area contributed by atoms with Gasteiger partial charge in [0.15, 0.2) is 6.10 Å². The molecule has 0 aliphatic rings. The summed E-state index contributed by atoms with van der Waals surface area (Å²) in [7, 11) is 0. The van der Waals surface area contributed by atoms with E-state index in [-0.39, 0.29) is 12.6 Å². The van der Waals surface area contributed by atoms with Crippen LogP contribution in [0, 0.1) is 0 Å². The van der Waals surface area contributed by atoms with E-state index in [4.69, 9.17) is 9.84 Å². The average molecular weight is 418 g/mol. The van der Waals surface area contributed by atoms with E-state index in [0.29, 0.717) is 17.8 Å². The van der Waals surface area contributed by atoms with Gasteiger partial charge in [-0.1, -0.05) is 72.8 Å². The van der Waals surface area contributed by atoms with Gasteiger partial charge in [0.25, 0.3) is 5.91 Å². The van der Waals surface area contributed by atoms with Crippen molar-refractivity contribution in [1.29, 1.82) is 0 Å². The first-order chi connectivity index (χ1) is 15.1. The number of anilines is 1. The number of para-hydroxylation sites is 1. The molecule has 0 saturated heterocycles. The SMILES string of the molecule is CC(OC(=O)c1ccccc1NCCO)C(=O)NC(c1ccccc1)c1ccccc1. The molecule has 0 heterocycles. The molecular formula is C25H26N2O4. The molecule has 0 aliphatic carbocycles. The van der Waals surface area contributed by atoms with Crippen molar-refractivity contribution in [2.75, 3.05) is 18.5 Å². The molecule has 0 bridgehead atoms. The lowest BCUT2D eigenvalue weighted by Crippen LogP contribution is -2.38. The van der Waals surface area contributed by atoms with Crippen LogP contribution in [0.4, 0.5) is 5.69 Å². The van der Waals surface area contributed by atoms with Crippen molar-refractivity contribution in [2.45, 2.75) is 19.1 Å². The molecule has 0 aromatic heterocycles. The molecule has 31 heavy (non-hydrogen) atoms. The topological polar surface area (TPSA) is 87.7 Å². The number of hydrogen-bond acceptors (Lipinski definition) is 5. The fraction of sp³-hybridized carbons (Fsp3) is 0.200. The minimum Gasteiger partial charge on any atom is -0.449 e. The van der Waals surface area contributed by atoms with Gasteiger partial charge in [0.1, 0.15) is 0 Å². The average Bonchev–Trinajstić information content (AvgIpc) is 2.82. The Morgan fingerprint density at radius 3 is 2.00 bits per heavy atom. The Labute approximate surface area is 181 Å².